The molecule has 0 atom stereocenters. The van der Waals surface area contributed by atoms with Crippen molar-refractivity contribution < 1.29 is 9.66 Å². The van der Waals surface area contributed by atoms with E-state index in [1.165, 1.54) is 12.1 Å². The smallest absolute Gasteiger partial charge is 0.269 e. The van der Waals surface area contributed by atoms with Crippen LogP contribution in [0.3, 0.4) is 0 Å². The average molecular weight is 391 g/mol. The predicted molar refractivity (Wildman–Crippen MR) is 109 cm³/mol. The van der Waals surface area contributed by atoms with Crippen LogP contribution in [0.2, 0.25) is 5.02 Å². The summed E-state index contributed by atoms with van der Waals surface area (Å²) in [5.74, 6) is 0.648. The standard InChI is InChI=1S/C22H15ClN2O3/c23-22-7-2-1-5-18(22)15-28-21-6-3-4-16(13-21)12-19(14-24)17-8-10-20(11-9-17)25(26)27/h1-13H,15H2. The van der Waals surface area contributed by atoms with Crippen LogP contribution in [-0.2, 0) is 6.61 Å². The molecular weight excluding hydrogens is 376 g/mol. The predicted octanol–water partition coefficient (Wildman–Crippen LogP) is 5.89. The molecule has 0 fully saturated rings. The molecule has 138 valence electrons. The van der Waals surface area contributed by atoms with E-state index in [-0.39, 0.29) is 5.69 Å². The minimum atomic E-state index is -0.473. The Balaban J connectivity index is 1.79. The van der Waals surface area contributed by atoms with Gasteiger partial charge in [-0.05, 0) is 47.5 Å². The Morgan fingerprint density at radius 1 is 1.11 bits per heavy atom. The molecule has 3 aromatic carbocycles. The quantitative estimate of drug-likeness (QED) is 0.227. The summed E-state index contributed by atoms with van der Waals surface area (Å²) >= 11 is 6.14. The van der Waals surface area contributed by atoms with Crippen molar-refractivity contribution in [2.75, 3.05) is 0 Å². The number of hydrogen-bond acceptors (Lipinski definition) is 4. The zero-order valence-corrected chi connectivity index (χ0v) is 15.5. The van der Waals surface area contributed by atoms with Gasteiger partial charge in [-0.25, -0.2) is 0 Å². The van der Waals surface area contributed by atoms with E-state index in [0.717, 1.165) is 11.1 Å². The fraction of sp³-hybridized carbons (Fsp3) is 0.0455. The summed E-state index contributed by atoms with van der Waals surface area (Å²) in [5.41, 5.74) is 2.66. The van der Waals surface area contributed by atoms with E-state index in [9.17, 15) is 15.4 Å². The number of nitro benzene ring substituents is 1. The van der Waals surface area contributed by atoms with Gasteiger partial charge in [0.05, 0.1) is 16.6 Å². The highest BCUT2D eigenvalue weighted by molar-refractivity contribution is 6.31. The number of non-ortho nitro benzene ring substituents is 1. The second-order valence-electron chi connectivity index (χ2n) is 5.93. The van der Waals surface area contributed by atoms with Gasteiger partial charge < -0.3 is 4.74 Å². The maximum absolute atomic E-state index is 10.8. The van der Waals surface area contributed by atoms with E-state index in [1.807, 2.05) is 48.5 Å². The van der Waals surface area contributed by atoms with Gasteiger partial charge in [0.2, 0.25) is 0 Å². The number of benzene rings is 3. The van der Waals surface area contributed by atoms with E-state index in [1.54, 1.807) is 18.2 Å². The van der Waals surface area contributed by atoms with Crippen molar-refractivity contribution in [3.05, 3.63) is 105 Å². The number of allylic oxidation sites excluding steroid dienone is 1. The second-order valence-corrected chi connectivity index (χ2v) is 6.33. The molecule has 0 amide bonds. The molecule has 0 heterocycles. The molecule has 28 heavy (non-hydrogen) atoms. The van der Waals surface area contributed by atoms with Gasteiger partial charge in [-0.1, -0.05) is 41.9 Å². The lowest BCUT2D eigenvalue weighted by atomic mass is 10.0. The van der Waals surface area contributed by atoms with Crippen LogP contribution in [0.15, 0.2) is 72.8 Å². The van der Waals surface area contributed by atoms with Gasteiger partial charge in [0.1, 0.15) is 12.4 Å². The minimum Gasteiger partial charge on any atom is -0.489 e. The summed E-state index contributed by atoms with van der Waals surface area (Å²) in [4.78, 5) is 10.3. The summed E-state index contributed by atoms with van der Waals surface area (Å²) in [6.07, 6.45) is 1.71. The molecule has 0 saturated carbocycles. The molecule has 0 aromatic heterocycles. The number of rotatable bonds is 6. The Kier molecular flexibility index (Phi) is 6.05. The fourth-order valence-electron chi connectivity index (χ4n) is 2.58. The molecule has 0 saturated heterocycles. The highest BCUT2D eigenvalue weighted by Crippen LogP contribution is 2.24. The van der Waals surface area contributed by atoms with E-state index in [4.69, 9.17) is 16.3 Å². The largest absolute Gasteiger partial charge is 0.489 e. The van der Waals surface area contributed by atoms with Crippen molar-refractivity contribution in [2.24, 2.45) is 0 Å². The number of hydrogen-bond donors (Lipinski definition) is 0. The zero-order chi connectivity index (χ0) is 19.9. The van der Waals surface area contributed by atoms with E-state index in [2.05, 4.69) is 6.07 Å². The molecule has 5 nitrogen and oxygen atoms in total. The maximum Gasteiger partial charge on any atom is 0.269 e. The first kappa shape index (κ1) is 19.2. The molecule has 0 N–H and O–H groups in total. The van der Waals surface area contributed by atoms with Crippen molar-refractivity contribution >= 4 is 28.9 Å². The lowest BCUT2D eigenvalue weighted by molar-refractivity contribution is -0.384. The average Bonchev–Trinajstić information content (AvgIpc) is 2.72. The monoisotopic (exact) mass is 390 g/mol. The molecule has 3 rings (SSSR count). The lowest BCUT2D eigenvalue weighted by Gasteiger charge is -2.08. The highest BCUT2D eigenvalue weighted by Gasteiger charge is 2.07. The van der Waals surface area contributed by atoms with Crippen LogP contribution in [0.5, 0.6) is 5.75 Å². The fourth-order valence-corrected chi connectivity index (χ4v) is 2.77. The van der Waals surface area contributed by atoms with Gasteiger partial charge in [0, 0.05) is 22.7 Å². The number of halogens is 1. The zero-order valence-electron chi connectivity index (χ0n) is 14.7. The summed E-state index contributed by atoms with van der Waals surface area (Å²) in [7, 11) is 0. The Labute approximate surface area is 167 Å². The minimum absolute atomic E-state index is 0.0176. The molecule has 0 unspecified atom stereocenters. The topological polar surface area (TPSA) is 76.2 Å². The molecule has 0 aliphatic carbocycles. The normalized spacial score (nSPS) is 10.9. The van der Waals surface area contributed by atoms with Crippen LogP contribution in [0.25, 0.3) is 11.6 Å². The highest BCUT2D eigenvalue weighted by atomic mass is 35.5. The Morgan fingerprint density at radius 3 is 2.54 bits per heavy atom. The number of nitrogens with zero attached hydrogens (tertiary/aromatic N) is 2. The maximum atomic E-state index is 10.8. The third-order valence-electron chi connectivity index (χ3n) is 4.03. The van der Waals surface area contributed by atoms with E-state index in [0.29, 0.717) is 28.5 Å². The Hall–Kier alpha value is -3.62. The SMILES string of the molecule is N#CC(=Cc1cccc(OCc2ccccc2Cl)c1)c1ccc([N+](=O)[O-])cc1. The number of nitro groups is 1. The van der Waals surface area contributed by atoms with Gasteiger partial charge in [-0.3, -0.25) is 10.1 Å². The van der Waals surface area contributed by atoms with Crippen molar-refractivity contribution in [1.29, 1.82) is 5.26 Å². The lowest BCUT2D eigenvalue weighted by Crippen LogP contribution is -1.96. The van der Waals surface area contributed by atoms with Crippen LogP contribution < -0.4 is 4.74 Å². The van der Waals surface area contributed by atoms with Gasteiger partial charge in [0.15, 0.2) is 0 Å². The molecule has 0 aliphatic rings. The Bertz CT molecular complexity index is 1070. The van der Waals surface area contributed by atoms with Crippen LogP contribution in [0.1, 0.15) is 16.7 Å². The first-order valence-corrected chi connectivity index (χ1v) is 8.77. The first-order chi connectivity index (χ1) is 13.6. The van der Waals surface area contributed by atoms with Crippen molar-refractivity contribution in [3.63, 3.8) is 0 Å². The van der Waals surface area contributed by atoms with Crippen LogP contribution in [0.4, 0.5) is 5.69 Å². The summed E-state index contributed by atoms with van der Waals surface area (Å²) < 4.78 is 5.80. The molecule has 3 aromatic rings. The van der Waals surface area contributed by atoms with Gasteiger partial charge in [-0.2, -0.15) is 5.26 Å². The third kappa shape index (κ3) is 4.76. The first-order valence-electron chi connectivity index (χ1n) is 8.40. The van der Waals surface area contributed by atoms with Crippen molar-refractivity contribution in [1.82, 2.24) is 0 Å². The van der Waals surface area contributed by atoms with E-state index >= 15 is 0 Å². The second kappa shape index (κ2) is 8.85. The van der Waals surface area contributed by atoms with Gasteiger partial charge >= 0.3 is 0 Å². The van der Waals surface area contributed by atoms with Crippen LogP contribution >= 0.6 is 11.6 Å². The number of ether oxygens (including phenoxy) is 1. The molecule has 0 bridgehead atoms. The number of nitriles is 1. The molecule has 0 spiro atoms. The van der Waals surface area contributed by atoms with E-state index < -0.39 is 4.92 Å². The molecule has 6 heteroatoms. The van der Waals surface area contributed by atoms with Gasteiger partial charge in [0.25, 0.3) is 5.69 Å². The van der Waals surface area contributed by atoms with Crippen LogP contribution in [-0.4, -0.2) is 4.92 Å². The molecule has 0 radical (unpaired) electrons. The van der Waals surface area contributed by atoms with Crippen molar-refractivity contribution in [2.45, 2.75) is 6.61 Å². The summed E-state index contributed by atoms with van der Waals surface area (Å²) in [6, 6.07) is 22.8. The molecule has 0 aliphatic heterocycles. The molecular formula is C22H15ClN2O3. The summed E-state index contributed by atoms with van der Waals surface area (Å²) in [6.45, 7) is 0.334. The Morgan fingerprint density at radius 2 is 1.86 bits per heavy atom. The van der Waals surface area contributed by atoms with Crippen LogP contribution in [0, 0.1) is 21.4 Å². The van der Waals surface area contributed by atoms with Gasteiger partial charge in [-0.15, -0.1) is 0 Å². The summed E-state index contributed by atoms with van der Waals surface area (Å²) in [5, 5.41) is 20.9. The van der Waals surface area contributed by atoms with Crippen molar-refractivity contribution in [3.8, 4) is 11.8 Å². The third-order valence-corrected chi connectivity index (χ3v) is 4.40.